The molecule has 2 aromatic carbocycles. The number of carbonyl (C=O) groups is 1. The number of benzene rings is 2. The normalized spacial score (nSPS) is 18.2. The Hall–Kier alpha value is -2.32. The first-order valence-corrected chi connectivity index (χ1v) is 12.3. The number of nitrogens with one attached hydrogen (secondary N) is 3. The molecule has 6 nitrogen and oxygen atoms in total. The minimum Gasteiger partial charge on any atom is -0.377 e. The molecular formula is C24H27Br2N5O. The number of para-hydroxylation sites is 1. The molecule has 4 rings (SSSR count). The van der Waals surface area contributed by atoms with Crippen molar-refractivity contribution in [1.82, 2.24) is 10.3 Å². The lowest BCUT2D eigenvalue weighted by Gasteiger charge is -2.30. The summed E-state index contributed by atoms with van der Waals surface area (Å²) in [6, 6.07) is 16.4. The Bertz CT molecular complexity index is 1110. The Balaban J connectivity index is 1.32. The maximum absolute atomic E-state index is 12.4. The van der Waals surface area contributed by atoms with Gasteiger partial charge in [0.2, 0.25) is 0 Å². The van der Waals surface area contributed by atoms with E-state index in [1.54, 1.807) is 0 Å². The van der Waals surface area contributed by atoms with E-state index in [1.807, 2.05) is 30.3 Å². The first kappa shape index (κ1) is 22.9. The molecule has 1 fully saturated rings. The van der Waals surface area contributed by atoms with E-state index in [2.05, 4.69) is 85.0 Å². The summed E-state index contributed by atoms with van der Waals surface area (Å²) in [4.78, 5) is 19.4. The van der Waals surface area contributed by atoms with Gasteiger partial charge in [-0.15, -0.1) is 0 Å². The molecule has 168 valence electrons. The van der Waals surface area contributed by atoms with E-state index in [9.17, 15) is 4.79 Å². The van der Waals surface area contributed by atoms with Crippen molar-refractivity contribution in [1.29, 1.82) is 0 Å². The van der Waals surface area contributed by atoms with Crippen molar-refractivity contribution in [2.45, 2.75) is 37.8 Å². The number of fused-ring (bicyclic) bond motifs is 1. The summed E-state index contributed by atoms with van der Waals surface area (Å²) >= 11 is 6.90. The number of rotatable bonds is 5. The van der Waals surface area contributed by atoms with E-state index in [1.165, 1.54) is 0 Å². The van der Waals surface area contributed by atoms with Gasteiger partial charge in [0.1, 0.15) is 5.82 Å². The monoisotopic (exact) mass is 559 g/mol. The van der Waals surface area contributed by atoms with Gasteiger partial charge in [-0.05, 0) is 65.9 Å². The topological polar surface area (TPSA) is 69.3 Å². The molecule has 1 saturated carbocycles. The molecule has 8 heteroatoms. The number of aromatic nitrogens is 1. The van der Waals surface area contributed by atoms with Gasteiger partial charge in [-0.25, -0.2) is 9.78 Å². The van der Waals surface area contributed by atoms with Gasteiger partial charge in [-0.2, -0.15) is 0 Å². The lowest BCUT2D eigenvalue weighted by Crippen LogP contribution is -2.42. The molecule has 3 N–H and O–H groups in total. The van der Waals surface area contributed by atoms with E-state index in [4.69, 9.17) is 4.98 Å². The number of carbonyl (C=O) groups excluding carboxylic acids is 1. The summed E-state index contributed by atoms with van der Waals surface area (Å²) in [5, 5.41) is 10.8. The van der Waals surface area contributed by atoms with Gasteiger partial charge in [0.05, 0.1) is 11.2 Å². The number of urea groups is 1. The second-order valence-corrected chi connectivity index (χ2v) is 10.1. The van der Waals surface area contributed by atoms with E-state index in [0.717, 1.165) is 62.7 Å². The van der Waals surface area contributed by atoms with Crippen molar-refractivity contribution in [2.24, 2.45) is 0 Å². The lowest BCUT2D eigenvalue weighted by molar-refractivity contribution is 0.243. The van der Waals surface area contributed by atoms with Crippen LogP contribution in [0.2, 0.25) is 0 Å². The van der Waals surface area contributed by atoms with Gasteiger partial charge in [-0.3, -0.25) is 0 Å². The van der Waals surface area contributed by atoms with Crippen LogP contribution in [0, 0.1) is 0 Å². The smallest absolute Gasteiger partial charge is 0.319 e. The zero-order valence-corrected chi connectivity index (χ0v) is 21.3. The number of amides is 2. The van der Waals surface area contributed by atoms with Crippen LogP contribution in [0.3, 0.4) is 0 Å². The Morgan fingerprint density at radius 1 is 1.00 bits per heavy atom. The SMILES string of the molecule is CN(C)c1cc(NC2CCC(NC(=O)Nc3ccc(Br)cc3Br)CC2)nc2ccccc12. The van der Waals surface area contributed by atoms with E-state index < -0.39 is 0 Å². The van der Waals surface area contributed by atoms with Crippen LogP contribution in [0.15, 0.2) is 57.5 Å². The fraction of sp³-hybridized carbons (Fsp3) is 0.333. The Morgan fingerprint density at radius 3 is 2.44 bits per heavy atom. The van der Waals surface area contributed by atoms with Crippen LogP contribution in [-0.4, -0.2) is 37.2 Å². The number of hydrogen-bond donors (Lipinski definition) is 3. The first-order chi connectivity index (χ1) is 15.4. The molecule has 0 unspecified atom stereocenters. The molecule has 2 amide bonds. The predicted molar refractivity (Wildman–Crippen MR) is 140 cm³/mol. The maximum Gasteiger partial charge on any atom is 0.319 e. The first-order valence-electron chi connectivity index (χ1n) is 10.8. The molecule has 0 bridgehead atoms. The van der Waals surface area contributed by atoms with E-state index >= 15 is 0 Å². The average Bonchev–Trinajstić information content (AvgIpc) is 2.76. The molecule has 3 aromatic rings. The van der Waals surface area contributed by atoms with Gasteiger partial charge in [0, 0.05) is 52.3 Å². The van der Waals surface area contributed by atoms with Crippen molar-refractivity contribution in [2.75, 3.05) is 29.6 Å². The summed E-state index contributed by atoms with van der Waals surface area (Å²) in [5.74, 6) is 0.904. The lowest BCUT2D eigenvalue weighted by atomic mass is 9.91. The minimum atomic E-state index is -0.170. The van der Waals surface area contributed by atoms with Gasteiger partial charge >= 0.3 is 6.03 Å². The van der Waals surface area contributed by atoms with E-state index in [0.29, 0.717) is 6.04 Å². The average molecular weight is 561 g/mol. The summed E-state index contributed by atoms with van der Waals surface area (Å²) in [5.41, 5.74) is 2.90. The summed E-state index contributed by atoms with van der Waals surface area (Å²) in [6.45, 7) is 0. The third-order valence-electron chi connectivity index (χ3n) is 5.77. The molecule has 0 atom stereocenters. The Morgan fingerprint density at radius 2 is 1.72 bits per heavy atom. The molecule has 0 radical (unpaired) electrons. The van der Waals surface area contributed by atoms with Crippen molar-refractivity contribution < 1.29 is 4.79 Å². The quantitative estimate of drug-likeness (QED) is 0.339. The van der Waals surface area contributed by atoms with Gasteiger partial charge in [-0.1, -0.05) is 34.1 Å². The molecule has 0 saturated heterocycles. The highest BCUT2D eigenvalue weighted by molar-refractivity contribution is 9.11. The molecular weight excluding hydrogens is 534 g/mol. The molecule has 0 spiro atoms. The molecule has 0 aliphatic heterocycles. The number of halogens is 2. The van der Waals surface area contributed by atoms with Crippen molar-refractivity contribution in [3.05, 3.63) is 57.5 Å². The standard InChI is InChI=1S/C24H27Br2N5O/c1-31(2)22-14-23(29-20-6-4-3-5-18(20)22)27-16-8-10-17(11-9-16)28-24(32)30-21-12-7-15(25)13-19(21)26/h3-7,12-14,16-17H,8-11H2,1-2H3,(H,27,29)(H2,28,30,32). The Kier molecular flexibility index (Phi) is 7.20. The minimum absolute atomic E-state index is 0.170. The molecule has 1 heterocycles. The highest BCUT2D eigenvalue weighted by Crippen LogP contribution is 2.30. The van der Waals surface area contributed by atoms with Crippen molar-refractivity contribution in [3.63, 3.8) is 0 Å². The highest BCUT2D eigenvalue weighted by atomic mass is 79.9. The molecule has 1 aliphatic rings. The van der Waals surface area contributed by atoms with Gasteiger partial charge < -0.3 is 20.9 Å². The molecule has 1 aliphatic carbocycles. The largest absolute Gasteiger partial charge is 0.377 e. The zero-order chi connectivity index (χ0) is 22.7. The molecule has 1 aromatic heterocycles. The van der Waals surface area contributed by atoms with Crippen LogP contribution in [0.25, 0.3) is 10.9 Å². The maximum atomic E-state index is 12.4. The number of pyridine rings is 1. The molecule has 32 heavy (non-hydrogen) atoms. The predicted octanol–water partition coefficient (Wildman–Crippen LogP) is 6.37. The van der Waals surface area contributed by atoms with E-state index in [-0.39, 0.29) is 12.1 Å². The zero-order valence-electron chi connectivity index (χ0n) is 18.2. The summed E-state index contributed by atoms with van der Waals surface area (Å²) in [6.07, 6.45) is 3.83. The van der Waals surface area contributed by atoms with Crippen LogP contribution >= 0.6 is 31.9 Å². The number of hydrogen-bond acceptors (Lipinski definition) is 4. The van der Waals surface area contributed by atoms with Crippen LogP contribution in [0.1, 0.15) is 25.7 Å². The third kappa shape index (κ3) is 5.53. The third-order valence-corrected chi connectivity index (χ3v) is 6.92. The van der Waals surface area contributed by atoms with Gasteiger partial charge in [0.15, 0.2) is 0 Å². The fourth-order valence-electron chi connectivity index (χ4n) is 4.13. The number of anilines is 3. The second-order valence-electron chi connectivity index (χ2n) is 8.35. The van der Waals surface area contributed by atoms with Crippen molar-refractivity contribution >= 4 is 66.0 Å². The van der Waals surface area contributed by atoms with Crippen LogP contribution in [0.4, 0.5) is 22.0 Å². The second kappa shape index (κ2) is 10.1. The fourth-order valence-corrected chi connectivity index (χ4v) is 5.27. The van der Waals surface area contributed by atoms with Gasteiger partial charge in [0.25, 0.3) is 0 Å². The van der Waals surface area contributed by atoms with Crippen molar-refractivity contribution in [3.8, 4) is 0 Å². The van der Waals surface area contributed by atoms with Crippen LogP contribution in [-0.2, 0) is 0 Å². The summed E-state index contributed by atoms with van der Waals surface area (Å²) < 4.78 is 1.80. The van der Waals surface area contributed by atoms with Crippen LogP contribution < -0.4 is 20.9 Å². The Labute approximate surface area is 205 Å². The van der Waals surface area contributed by atoms with Crippen LogP contribution in [0.5, 0.6) is 0 Å². The number of nitrogens with zero attached hydrogens (tertiary/aromatic N) is 2. The summed E-state index contributed by atoms with van der Waals surface area (Å²) in [7, 11) is 4.11. The highest BCUT2D eigenvalue weighted by Gasteiger charge is 2.23.